The van der Waals surface area contributed by atoms with E-state index in [9.17, 15) is 8.42 Å². The van der Waals surface area contributed by atoms with Gasteiger partial charge in [0.1, 0.15) is 12.4 Å². The van der Waals surface area contributed by atoms with Crippen LogP contribution in [-0.2, 0) is 10.0 Å². The molecule has 1 rings (SSSR count). The highest BCUT2D eigenvalue weighted by Crippen LogP contribution is 2.15. The quantitative estimate of drug-likeness (QED) is 0.799. The third kappa shape index (κ3) is 4.53. The van der Waals surface area contributed by atoms with Gasteiger partial charge in [0.05, 0.1) is 5.75 Å². The molecule has 0 N–H and O–H groups in total. The van der Waals surface area contributed by atoms with Crippen molar-refractivity contribution in [3.05, 3.63) is 29.3 Å². The zero-order chi connectivity index (χ0) is 12.9. The lowest BCUT2D eigenvalue weighted by Gasteiger charge is -2.16. The van der Waals surface area contributed by atoms with Crippen LogP contribution in [0.2, 0.25) is 5.02 Å². The summed E-state index contributed by atoms with van der Waals surface area (Å²) in [5.41, 5.74) is 0. The minimum absolute atomic E-state index is 0.102. The third-order valence-electron chi connectivity index (χ3n) is 2.33. The monoisotopic (exact) mass is 277 g/mol. The van der Waals surface area contributed by atoms with E-state index in [1.54, 1.807) is 38.2 Å². The van der Waals surface area contributed by atoms with Crippen molar-refractivity contribution in [3.63, 3.8) is 0 Å². The molecule has 0 saturated carbocycles. The van der Waals surface area contributed by atoms with E-state index >= 15 is 0 Å². The normalized spacial score (nSPS) is 11.8. The molecule has 0 fully saturated rings. The number of likely N-dealkylation sites (N-methyl/N-ethyl adjacent to an activating group) is 1. The van der Waals surface area contributed by atoms with E-state index in [-0.39, 0.29) is 5.75 Å². The number of benzene rings is 1. The number of rotatable bonds is 6. The molecule has 4 nitrogen and oxygen atoms in total. The molecule has 1 aromatic rings. The number of halogens is 1. The second-order valence-electron chi connectivity index (χ2n) is 3.52. The Morgan fingerprint density at radius 3 is 2.41 bits per heavy atom. The van der Waals surface area contributed by atoms with Gasteiger partial charge in [0.25, 0.3) is 0 Å². The van der Waals surface area contributed by atoms with Crippen molar-refractivity contribution < 1.29 is 13.2 Å². The Bertz CT molecular complexity index is 444. The van der Waals surface area contributed by atoms with Gasteiger partial charge in [-0.3, -0.25) is 0 Å². The molecule has 17 heavy (non-hydrogen) atoms. The fourth-order valence-corrected chi connectivity index (χ4v) is 2.10. The first-order valence-electron chi connectivity index (χ1n) is 5.28. The van der Waals surface area contributed by atoms with Crippen LogP contribution in [0.25, 0.3) is 0 Å². The molecule has 0 saturated heterocycles. The van der Waals surface area contributed by atoms with Crippen LogP contribution in [0, 0.1) is 0 Å². The van der Waals surface area contributed by atoms with Gasteiger partial charge in [-0.15, -0.1) is 0 Å². The summed E-state index contributed by atoms with van der Waals surface area (Å²) in [6, 6.07) is 6.94. The van der Waals surface area contributed by atoms with E-state index in [0.717, 1.165) is 0 Å². The Balaban J connectivity index is 2.41. The number of ether oxygens (including phenoxy) is 1. The summed E-state index contributed by atoms with van der Waals surface area (Å²) >= 11 is 5.73. The molecule has 0 spiro atoms. The molecule has 6 heteroatoms. The van der Waals surface area contributed by atoms with Crippen molar-refractivity contribution in [2.45, 2.75) is 6.92 Å². The van der Waals surface area contributed by atoms with Gasteiger partial charge in [0.15, 0.2) is 0 Å². The zero-order valence-electron chi connectivity index (χ0n) is 9.89. The first kappa shape index (κ1) is 14.3. The van der Waals surface area contributed by atoms with E-state index in [2.05, 4.69) is 0 Å². The Morgan fingerprint density at radius 2 is 1.88 bits per heavy atom. The molecule has 96 valence electrons. The lowest BCUT2D eigenvalue weighted by Crippen LogP contribution is -2.32. The Kier molecular flexibility index (Phi) is 5.24. The van der Waals surface area contributed by atoms with Crippen LogP contribution >= 0.6 is 11.6 Å². The summed E-state index contributed by atoms with van der Waals surface area (Å²) in [5, 5.41) is 0.642. The van der Waals surface area contributed by atoms with E-state index in [4.69, 9.17) is 16.3 Å². The lowest BCUT2D eigenvalue weighted by atomic mass is 10.3. The average Bonchev–Trinajstić information content (AvgIpc) is 2.31. The molecule has 0 radical (unpaired) electrons. The summed E-state index contributed by atoms with van der Waals surface area (Å²) in [7, 11) is -1.58. The largest absolute Gasteiger partial charge is 0.492 e. The maximum atomic E-state index is 11.4. The Labute approximate surface area is 107 Å². The number of nitrogens with zero attached hydrogens (tertiary/aromatic N) is 1. The molecular weight excluding hydrogens is 262 g/mol. The maximum absolute atomic E-state index is 11.4. The van der Waals surface area contributed by atoms with Crippen molar-refractivity contribution in [2.24, 2.45) is 0 Å². The Hall–Kier alpha value is -0.780. The van der Waals surface area contributed by atoms with Gasteiger partial charge < -0.3 is 4.74 Å². The fourth-order valence-electron chi connectivity index (χ4n) is 1.18. The second-order valence-corrected chi connectivity index (χ2v) is 6.33. The highest BCUT2D eigenvalue weighted by atomic mass is 35.5. The van der Waals surface area contributed by atoms with Gasteiger partial charge in [-0.1, -0.05) is 11.6 Å². The van der Waals surface area contributed by atoms with Crippen LogP contribution in [0.15, 0.2) is 24.3 Å². The molecule has 0 aliphatic carbocycles. The number of sulfonamides is 1. The summed E-state index contributed by atoms with van der Waals surface area (Å²) in [4.78, 5) is 0. The molecule has 1 aromatic carbocycles. The van der Waals surface area contributed by atoms with Crippen molar-refractivity contribution >= 4 is 21.6 Å². The van der Waals surface area contributed by atoms with E-state index < -0.39 is 10.0 Å². The van der Waals surface area contributed by atoms with Gasteiger partial charge in [-0.05, 0) is 31.2 Å². The van der Waals surface area contributed by atoms with Crippen molar-refractivity contribution in [3.8, 4) is 5.75 Å². The van der Waals surface area contributed by atoms with Crippen molar-refractivity contribution in [1.82, 2.24) is 4.31 Å². The first-order chi connectivity index (χ1) is 7.95. The van der Waals surface area contributed by atoms with Gasteiger partial charge in [-0.25, -0.2) is 12.7 Å². The van der Waals surface area contributed by atoms with Crippen LogP contribution in [0.1, 0.15) is 6.92 Å². The molecule has 0 aliphatic rings. The SMILES string of the molecule is CCS(=O)(=O)N(C)CCOc1ccc(Cl)cc1. The summed E-state index contributed by atoms with van der Waals surface area (Å²) in [6.45, 7) is 2.27. The number of hydrogen-bond donors (Lipinski definition) is 0. The van der Waals surface area contributed by atoms with E-state index in [1.165, 1.54) is 4.31 Å². The summed E-state index contributed by atoms with van der Waals surface area (Å²) < 4.78 is 29.6. The minimum Gasteiger partial charge on any atom is -0.492 e. The Morgan fingerprint density at radius 1 is 1.29 bits per heavy atom. The van der Waals surface area contributed by atoms with Crippen LogP contribution in [0.4, 0.5) is 0 Å². The molecule has 0 aromatic heterocycles. The van der Waals surface area contributed by atoms with Gasteiger partial charge in [0, 0.05) is 18.6 Å². The van der Waals surface area contributed by atoms with Crippen LogP contribution in [0.3, 0.4) is 0 Å². The molecule has 0 unspecified atom stereocenters. The maximum Gasteiger partial charge on any atom is 0.213 e. The van der Waals surface area contributed by atoms with Crippen LogP contribution < -0.4 is 4.74 Å². The predicted molar refractivity (Wildman–Crippen MR) is 69.0 cm³/mol. The molecule has 0 bridgehead atoms. The predicted octanol–water partition coefficient (Wildman–Crippen LogP) is 2.00. The van der Waals surface area contributed by atoms with Gasteiger partial charge in [0.2, 0.25) is 10.0 Å². The van der Waals surface area contributed by atoms with E-state index in [1.807, 2.05) is 0 Å². The summed E-state index contributed by atoms with van der Waals surface area (Å²) in [5.74, 6) is 0.779. The standard InChI is InChI=1S/C11H16ClNO3S/c1-3-17(14,15)13(2)8-9-16-11-6-4-10(12)5-7-11/h4-7H,3,8-9H2,1-2H3. The second kappa shape index (κ2) is 6.23. The highest BCUT2D eigenvalue weighted by Gasteiger charge is 2.14. The molecular formula is C11H16ClNO3S. The number of hydrogen-bond acceptors (Lipinski definition) is 3. The van der Waals surface area contributed by atoms with Crippen molar-refractivity contribution in [2.75, 3.05) is 26.0 Å². The van der Waals surface area contributed by atoms with Crippen molar-refractivity contribution in [1.29, 1.82) is 0 Å². The molecule has 0 aliphatic heterocycles. The zero-order valence-corrected chi connectivity index (χ0v) is 11.5. The minimum atomic E-state index is -3.13. The lowest BCUT2D eigenvalue weighted by molar-refractivity contribution is 0.287. The topological polar surface area (TPSA) is 46.6 Å². The highest BCUT2D eigenvalue weighted by molar-refractivity contribution is 7.89. The van der Waals surface area contributed by atoms with E-state index in [0.29, 0.717) is 23.9 Å². The molecule has 0 heterocycles. The van der Waals surface area contributed by atoms with Crippen LogP contribution in [-0.4, -0.2) is 38.7 Å². The molecule has 0 amide bonds. The molecule has 0 atom stereocenters. The smallest absolute Gasteiger partial charge is 0.213 e. The summed E-state index contributed by atoms with van der Waals surface area (Å²) in [6.07, 6.45) is 0. The third-order valence-corrected chi connectivity index (χ3v) is 4.44. The van der Waals surface area contributed by atoms with Gasteiger partial charge in [-0.2, -0.15) is 0 Å². The average molecular weight is 278 g/mol. The first-order valence-corrected chi connectivity index (χ1v) is 7.27. The van der Waals surface area contributed by atoms with Gasteiger partial charge >= 0.3 is 0 Å². The fraction of sp³-hybridized carbons (Fsp3) is 0.455. The van der Waals surface area contributed by atoms with Crippen LogP contribution in [0.5, 0.6) is 5.75 Å².